The first-order chi connectivity index (χ1) is 14.8. The Morgan fingerprint density at radius 3 is 2.45 bits per heavy atom. The van der Waals surface area contributed by atoms with Gasteiger partial charge in [-0.3, -0.25) is 4.79 Å². The number of hydrogen-bond acceptors (Lipinski definition) is 5. The normalized spacial score (nSPS) is 20.5. The van der Waals surface area contributed by atoms with Crippen molar-refractivity contribution in [3.8, 4) is 0 Å². The van der Waals surface area contributed by atoms with Gasteiger partial charge in [-0.05, 0) is 55.4 Å². The van der Waals surface area contributed by atoms with E-state index >= 15 is 0 Å². The molecule has 31 heavy (non-hydrogen) atoms. The van der Waals surface area contributed by atoms with Gasteiger partial charge >= 0.3 is 6.18 Å². The summed E-state index contributed by atoms with van der Waals surface area (Å²) in [6.07, 6.45) is -1.99. The molecule has 166 valence electrons. The summed E-state index contributed by atoms with van der Waals surface area (Å²) in [5.74, 6) is 0.824. The third-order valence-corrected chi connectivity index (χ3v) is 5.90. The molecule has 9 heteroatoms. The van der Waals surface area contributed by atoms with E-state index in [2.05, 4.69) is 27.1 Å². The zero-order chi connectivity index (χ0) is 22.0. The number of halogens is 3. The number of benzene rings is 1. The van der Waals surface area contributed by atoms with E-state index in [1.807, 2.05) is 12.1 Å². The molecule has 2 saturated heterocycles. The quantitative estimate of drug-likeness (QED) is 0.786. The van der Waals surface area contributed by atoms with E-state index in [4.69, 9.17) is 0 Å². The average molecular weight is 433 g/mol. The zero-order valence-electron chi connectivity index (χ0n) is 17.4. The predicted octanol–water partition coefficient (Wildman–Crippen LogP) is 2.75. The first-order valence-electron chi connectivity index (χ1n) is 10.4. The van der Waals surface area contributed by atoms with Gasteiger partial charge in [0, 0.05) is 51.2 Å². The molecule has 3 heterocycles. The number of nitrogens with one attached hydrogen (secondary N) is 1. The van der Waals surface area contributed by atoms with Crippen molar-refractivity contribution in [2.75, 3.05) is 49.6 Å². The highest BCUT2D eigenvalue weighted by Gasteiger charge is 2.34. The molecule has 2 aliphatic heterocycles. The van der Waals surface area contributed by atoms with Crippen LogP contribution in [-0.4, -0.2) is 61.6 Å². The van der Waals surface area contributed by atoms with Gasteiger partial charge in [0.05, 0.1) is 11.6 Å². The Morgan fingerprint density at radius 1 is 1.06 bits per heavy atom. The Hall–Kier alpha value is -2.65. The summed E-state index contributed by atoms with van der Waals surface area (Å²) in [4.78, 5) is 23.3. The second-order valence-electron chi connectivity index (χ2n) is 8.07. The van der Waals surface area contributed by atoms with Gasteiger partial charge < -0.3 is 20.0 Å². The van der Waals surface area contributed by atoms with Crippen molar-refractivity contribution in [2.24, 2.45) is 0 Å². The van der Waals surface area contributed by atoms with Gasteiger partial charge in [-0.15, -0.1) is 0 Å². The number of carbonyl (C=O) groups excluding carboxylic acids is 1. The number of amides is 1. The number of hydrogen-bond donors (Lipinski definition) is 1. The van der Waals surface area contributed by atoms with Crippen molar-refractivity contribution in [3.05, 3.63) is 53.7 Å². The van der Waals surface area contributed by atoms with Crippen molar-refractivity contribution in [2.45, 2.75) is 25.2 Å². The number of piperazine rings is 1. The van der Waals surface area contributed by atoms with Crippen LogP contribution in [-0.2, 0) is 17.5 Å². The highest BCUT2D eigenvalue weighted by molar-refractivity contribution is 5.99. The van der Waals surface area contributed by atoms with Gasteiger partial charge in [-0.1, -0.05) is 0 Å². The minimum atomic E-state index is -4.38. The molecule has 1 N–H and O–H groups in total. The number of pyridine rings is 1. The molecule has 1 aromatic carbocycles. The lowest BCUT2D eigenvalue weighted by Gasteiger charge is -2.33. The van der Waals surface area contributed by atoms with Crippen LogP contribution in [0.2, 0.25) is 0 Å². The zero-order valence-corrected chi connectivity index (χ0v) is 17.4. The molecule has 2 aromatic rings. The molecule has 1 aromatic heterocycles. The van der Waals surface area contributed by atoms with Crippen LogP contribution in [0.25, 0.3) is 0 Å². The van der Waals surface area contributed by atoms with E-state index in [1.54, 1.807) is 11.1 Å². The molecule has 0 saturated carbocycles. The fraction of sp³-hybridized carbons (Fsp3) is 0.455. The van der Waals surface area contributed by atoms with Crippen LogP contribution in [0.15, 0.2) is 42.6 Å². The molecule has 6 nitrogen and oxygen atoms in total. The number of aromatic nitrogens is 1. The van der Waals surface area contributed by atoms with Crippen LogP contribution in [0, 0.1) is 0 Å². The van der Waals surface area contributed by atoms with Crippen LogP contribution in [0.3, 0.4) is 0 Å². The second-order valence-corrected chi connectivity index (χ2v) is 8.07. The van der Waals surface area contributed by atoms with Crippen LogP contribution in [0.1, 0.15) is 17.5 Å². The fourth-order valence-electron chi connectivity index (χ4n) is 3.98. The van der Waals surface area contributed by atoms with Crippen molar-refractivity contribution < 1.29 is 18.0 Å². The summed E-state index contributed by atoms with van der Waals surface area (Å²) in [5.41, 5.74) is 0.819. The third kappa shape index (κ3) is 4.99. The lowest BCUT2D eigenvalue weighted by molar-refractivity contribution is -0.137. The number of rotatable bonds is 5. The molecule has 4 rings (SSSR count). The number of nitrogens with zero attached hydrogens (tertiary/aromatic N) is 4. The van der Waals surface area contributed by atoms with Crippen LogP contribution in [0.5, 0.6) is 0 Å². The smallest absolute Gasteiger partial charge is 0.354 e. The van der Waals surface area contributed by atoms with Gasteiger partial charge in [0.2, 0.25) is 5.91 Å². The van der Waals surface area contributed by atoms with Crippen LogP contribution in [0.4, 0.5) is 24.7 Å². The molecule has 2 fully saturated rings. The van der Waals surface area contributed by atoms with Crippen LogP contribution < -0.4 is 15.1 Å². The first kappa shape index (κ1) is 21.6. The molecule has 0 spiro atoms. The van der Waals surface area contributed by atoms with E-state index in [-0.39, 0.29) is 11.9 Å². The lowest BCUT2D eigenvalue weighted by Crippen LogP contribution is -2.44. The standard InChI is InChI=1S/C22H26F3N5O/c1-28-10-12-29(13-11-28)20-14-16(6-8-26-20)15-27-19-7-9-30(21(19)31)18-4-2-17(3-5-18)22(23,24)25/h2-6,8,14,19,27H,7,9-13,15H2,1H3. The average Bonchev–Trinajstić information content (AvgIpc) is 3.13. The van der Waals surface area contributed by atoms with Gasteiger partial charge in [0.15, 0.2) is 0 Å². The van der Waals surface area contributed by atoms with Gasteiger partial charge in [0.1, 0.15) is 5.82 Å². The van der Waals surface area contributed by atoms with Gasteiger partial charge in [-0.2, -0.15) is 13.2 Å². The number of likely N-dealkylation sites (N-methyl/N-ethyl adjacent to an activating group) is 1. The third-order valence-electron chi connectivity index (χ3n) is 5.90. The highest BCUT2D eigenvalue weighted by atomic mass is 19.4. The predicted molar refractivity (Wildman–Crippen MR) is 113 cm³/mol. The molecular weight excluding hydrogens is 407 g/mol. The molecule has 1 amide bonds. The minimum Gasteiger partial charge on any atom is -0.354 e. The summed E-state index contributed by atoms with van der Waals surface area (Å²) < 4.78 is 38.3. The van der Waals surface area contributed by atoms with Crippen molar-refractivity contribution in [1.29, 1.82) is 0 Å². The maximum absolute atomic E-state index is 12.8. The Kier molecular flexibility index (Phi) is 6.15. The van der Waals surface area contributed by atoms with E-state index in [0.717, 1.165) is 49.7 Å². The SMILES string of the molecule is CN1CCN(c2cc(CNC3CCN(c4ccc(C(F)(F)F)cc4)C3=O)ccn2)CC1. The lowest BCUT2D eigenvalue weighted by atomic mass is 10.2. The Balaban J connectivity index is 1.35. The minimum absolute atomic E-state index is 0.117. The monoisotopic (exact) mass is 433 g/mol. The molecule has 0 bridgehead atoms. The van der Waals surface area contributed by atoms with Crippen LogP contribution >= 0.6 is 0 Å². The molecule has 2 aliphatic rings. The molecular formula is C22H26F3N5O. The topological polar surface area (TPSA) is 51.7 Å². The number of carbonyl (C=O) groups is 1. The summed E-state index contributed by atoms with van der Waals surface area (Å²) in [5, 5.41) is 3.29. The molecule has 1 atom stereocenters. The molecule has 0 aliphatic carbocycles. The number of alkyl halides is 3. The van der Waals surface area contributed by atoms with Gasteiger partial charge in [0.25, 0.3) is 0 Å². The van der Waals surface area contributed by atoms with E-state index in [9.17, 15) is 18.0 Å². The summed E-state index contributed by atoms with van der Waals surface area (Å²) in [6.45, 7) is 4.87. The molecule has 1 unspecified atom stereocenters. The molecule has 0 radical (unpaired) electrons. The summed E-state index contributed by atoms with van der Waals surface area (Å²) in [7, 11) is 2.11. The van der Waals surface area contributed by atoms with Crippen molar-refractivity contribution >= 4 is 17.4 Å². The highest BCUT2D eigenvalue weighted by Crippen LogP contribution is 2.31. The Labute approximate surface area is 179 Å². The van der Waals surface area contributed by atoms with Gasteiger partial charge in [-0.25, -0.2) is 4.98 Å². The van der Waals surface area contributed by atoms with E-state index in [0.29, 0.717) is 25.2 Å². The van der Waals surface area contributed by atoms with Crippen molar-refractivity contribution in [1.82, 2.24) is 15.2 Å². The first-order valence-corrected chi connectivity index (χ1v) is 10.4. The Morgan fingerprint density at radius 2 is 1.77 bits per heavy atom. The fourth-order valence-corrected chi connectivity index (χ4v) is 3.98. The summed E-state index contributed by atoms with van der Waals surface area (Å²) >= 11 is 0. The van der Waals surface area contributed by atoms with E-state index in [1.165, 1.54) is 12.1 Å². The maximum Gasteiger partial charge on any atom is 0.416 e. The second kappa shape index (κ2) is 8.84. The number of anilines is 2. The van der Waals surface area contributed by atoms with Crippen molar-refractivity contribution in [3.63, 3.8) is 0 Å². The maximum atomic E-state index is 12.8. The largest absolute Gasteiger partial charge is 0.416 e. The van der Waals surface area contributed by atoms with E-state index < -0.39 is 11.7 Å². The summed E-state index contributed by atoms with van der Waals surface area (Å²) in [6, 6.07) is 8.36. The Bertz CT molecular complexity index is 910.